The lowest BCUT2D eigenvalue weighted by Gasteiger charge is -2.30. The summed E-state index contributed by atoms with van der Waals surface area (Å²) in [5, 5.41) is 18.1. The van der Waals surface area contributed by atoms with Gasteiger partial charge in [0, 0.05) is 29.7 Å². The fraction of sp³-hybridized carbons (Fsp3) is 0.455. The van der Waals surface area contributed by atoms with Crippen molar-refractivity contribution in [3.8, 4) is 23.1 Å². The molecule has 0 spiro atoms. The van der Waals surface area contributed by atoms with Crippen molar-refractivity contribution in [3.63, 3.8) is 0 Å². The van der Waals surface area contributed by atoms with E-state index in [2.05, 4.69) is 32.1 Å². The zero-order valence-corrected chi connectivity index (χ0v) is 25.3. The van der Waals surface area contributed by atoms with Gasteiger partial charge in [-0.3, -0.25) is 10.00 Å². The van der Waals surface area contributed by atoms with Crippen LogP contribution in [0.5, 0.6) is 5.75 Å². The number of benzene rings is 2. The molecule has 0 aliphatic heterocycles. The van der Waals surface area contributed by atoms with Gasteiger partial charge in [0.15, 0.2) is 0 Å². The molecule has 9 heteroatoms. The summed E-state index contributed by atoms with van der Waals surface area (Å²) < 4.78 is 15.7. The second-order valence-corrected chi connectivity index (χ2v) is 10.7. The predicted octanol–water partition coefficient (Wildman–Crippen LogP) is 7.97. The second-order valence-electron chi connectivity index (χ2n) is 10.7. The summed E-state index contributed by atoms with van der Waals surface area (Å²) in [5.74, 6) is 1.04. The maximum atomic E-state index is 12.3. The number of carbonyl (C=O) groups excluding carboxylic acids is 1. The first-order valence-corrected chi connectivity index (χ1v) is 15.1. The molecular weight excluding hydrogens is 528 g/mol. The average molecular weight is 571 g/mol. The summed E-state index contributed by atoms with van der Waals surface area (Å²) >= 11 is 0. The summed E-state index contributed by atoms with van der Waals surface area (Å²) in [6.45, 7) is 11.3. The number of anilines is 1. The Kier molecular flexibility index (Phi) is 10.6. The summed E-state index contributed by atoms with van der Waals surface area (Å²) in [6.07, 6.45) is 7.80. The number of nitrogens with one attached hydrogen (secondary N) is 1. The van der Waals surface area contributed by atoms with Crippen molar-refractivity contribution in [1.82, 2.24) is 19.3 Å². The monoisotopic (exact) mass is 570 g/mol. The molecule has 1 amide bonds. The van der Waals surface area contributed by atoms with E-state index in [4.69, 9.17) is 9.47 Å². The molecule has 9 nitrogen and oxygen atoms in total. The third-order valence-corrected chi connectivity index (χ3v) is 7.68. The quantitative estimate of drug-likeness (QED) is 0.183. The highest BCUT2D eigenvalue weighted by Gasteiger charge is 2.28. The van der Waals surface area contributed by atoms with Crippen LogP contribution in [0.2, 0.25) is 0 Å². The number of hydrogen-bond acceptors (Lipinski definition) is 6. The molecule has 1 N–H and O–H groups in total. The zero-order chi connectivity index (χ0) is 30.1. The summed E-state index contributed by atoms with van der Waals surface area (Å²) in [5.41, 5.74) is 4.17. The van der Waals surface area contributed by atoms with Crippen molar-refractivity contribution in [3.05, 3.63) is 60.7 Å². The van der Waals surface area contributed by atoms with E-state index in [0.29, 0.717) is 23.9 Å². The van der Waals surface area contributed by atoms with Crippen LogP contribution in [0.25, 0.3) is 22.2 Å². The van der Waals surface area contributed by atoms with Crippen molar-refractivity contribution in [2.45, 2.75) is 85.4 Å². The number of fused-ring (bicyclic) bond motifs is 1. The van der Waals surface area contributed by atoms with Crippen molar-refractivity contribution in [2.75, 3.05) is 11.9 Å². The third-order valence-electron chi connectivity index (χ3n) is 7.68. The van der Waals surface area contributed by atoms with Crippen molar-refractivity contribution in [1.29, 1.82) is 5.26 Å². The van der Waals surface area contributed by atoms with Gasteiger partial charge in [0.25, 0.3) is 0 Å². The molecule has 0 bridgehead atoms. The van der Waals surface area contributed by atoms with Gasteiger partial charge in [0.1, 0.15) is 30.6 Å². The highest BCUT2D eigenvalue weighted by Crippen LogP contribution is 2.43. The molecule has 1 unspecified atom stereocenters. The van der Waals surface area contributed by atoms with Gasteiger partial charge in [-0.2, -0.15) is 10.4 Å². The zero-order valence-electron chi connectivity index (χ0n) is 25.3. The van der Waals surface area contributed by atoms with Gasteiger partial charge in [-0.1, -0.05) is 39.8 Å². The molecular formula is C33H42N6O3. The molecule has 222 valence electrons. The van der Waals surface area contributed by atoms with Crippen molar-refractivity contribution >= 4 is 22.7 Å². The summed E-state index contributed by atoms with van der Waals surface area (Å²) in [6, 6.07) is 16.4. The van der Waals surface area contributed by atoms with Crippen molar-refractivity contribution in [2.24, 2.45) is 5.92 Å². The highest BCUT2D eigenvalue weighted by molar-refractivity contribution is 5.96. The molecule has 0 radical (unpaired) electrons. The van der Waals surface area contributed by atoms with Crippen LogP contribution in [-0.2, 0) is 11.3 Å². The second kappa shape index (κ2) is 14.5. The molecule has 1 atom stereocenters. The number of aromatic nitrogens is 4. The standard InChI is InChI=1S/C31H36N6O3.C2H6/c1-21(2)22(3)40-31(38)35-24-11-9-23(10-12-24)30-28(18-32)27-14-13-26(17-29(27)37(30)25-7-6-8-25)39-16-5-4-15-36-20-33-19-34-36;1-2/h9-14,17,19-22,25H,4-8,15-16H2,1-3H3,(H,35,38);1-2H3. The Bertz CT molecular complexity index is 1480. The molecule has 0 saturated heterocycles. The lowest BCUT2D eigenvalue weighted by molar-refractivity contribution is 0.0940. The Balaban J connectivity index is 0.00000198. The number of hydrogen-bond donors (Lipinski definition) is 1. The number of nitrogens with zero attached hydrogens (tertiary/aromatic N) is 5. The number of rotatable bonds is 11. The van der Waals surface area contributed by atoms with Crippen molar-refractivity contribution < 1.29 is 14.3 Å². The van der Waals surface area contributed by atoms with Crippen LogP contribution in [0, 0.1) is 17.2 Å². The fourth-order valence-electron chi connectivity index (χ4n) is 4.88. The first kappa shape index (κ1) is 30.6. The topological polar surface area (TPSA) is 107 Å². The van der Waals surface area contributed by atoms with Gasteiger partial charge in [-0.15, -0.1) is 0 Å². The maximum Gasteiger partial charge on any atom is 0.411 e. The summed E-state index contributed by atoms with van der Waals surface area (Å²) in [7, 11) is 0. The molecule has 1 aliphatic rings. The van der Waals surface area contributed by atoms with Crippen LogP contribution >= 0.6 is 0 Å². The van der Waals surface area contributed by atoms with E-state index in [0.717, 1.165) is 60.1 Å². The number of unbranched alkanes of at least 4 members (excludes halogenated alkanes) is 1. The van der Waals surface area contributed by atoms with Gasteiger partial charge >= 0.3 is 6.09 Å². The minimum absolute atomic E-state index is 0.177. The first-order valence-electron chi connectivity index (χ1n) is 15.1. The Morgan fingerprint density at radius 1 is 1.12 bits per heavy atom. The molecule has 4 aromatic rings. The van der Waals surface area contributed by atoms with E-state index in [9.17, 15) is 10.1 Å². The Labute approximate surface area is 248 Å². The number of ether oxygens (including phenoxy) is 2. The molecule has 1 aliphatic carbocycles. The molecule has 2 aromatic heterocycles. The smallest absolute Gasteiger partial charge is 0.411 e. The van der Waals surface area contributed by atoms with Crippen LogP contribution in [0.15, 0.2) is 55.1 Å². The van der Waals surface area contributed by atoms with Crippen LogP contribution < -0.4 is 10.1 Å². The van der Waals surface area contributed by atoms with E-state index < -0.39 is 6.09 Å². The van der Waals surface area contributed by atoms with E-state index in [1.165, 1.54) is 6.42 Å². The van der Waals surface area contributed by atoms with E-state index in [-0.39, 0.29) is 12.0 Å². The van der Waals surface area contributed by atoms with E-state index in [1.54, 1.807) is 12.7 Å². The van der Waals surface area contributed by atoms with Gasteiger partial charge in [0.2, 0.25) is 0 Å². The van der Waals surface area contributed by atoms with Crippen LogP contribution in [0.3, 0.4) is 0 Å². The van der Waals surface area contributed by atoms with Gasteiger partial charge in [-0.05, 0) is 74.8 Å². The first-order chi connectivity index (χ1) is 20.4. The van der Waals surface area contributed by atoms with Crippen LogP contribution in [0.4, 0.5) is 10.5 Å². The van der Waals surface area contributed by atoms with Crippen LogP contribution in [-0.4, -0.2) is 38.1 Å². The number of aryl methyl sites for hydroxylation is 1. The molecule has 5 rings (SSSR count). The molecule has 42 heavy (non-hydrogen) atoms. The Morgan fingerprint density at radius 3 is 2.50 bits per heavy atom. The Morgan fingerprint density at radius 2 is 1.88 bits per heavy atom. The fourth-order valence-corrected chi connectivity index (χ4v) is 4.88. The lowest BCUT2D eigenvalue weighted by Crippen LogP contribution is -2.23. The minimum atomic E-state index is -0.471. The molecule has 1 fully saturated rings. The number of nitriles is 1. The Hall–Kier alpha value is -4.32. The molecule has 2 aromatic carbocycles. The average Bonchev–Trinajstić information content (AvgIpc) is 3.59. The number of amides is 1. The van der Waals surface area contributed by atoms with E-state index in [1.807, 2.05) is 75.7 Å². The van der Waals surface area contributed by atoms with Gasteiger partial charge < -0.3 is 14.0 Å². The lowest BCUT2D eigenvalue weighted by atomic mass is 9.92. The summed E-state index contributed by atoms with van der Waals surface area (Å²) in [4.78, 5) is 16.3. The van der Waals surface area contributed by atoms with Gasteiger partial charge in [-0.25, -0.2) is 9.78 Å². The van der Waals surface area contributed by atoms with Crippen LogP contribution in [0.1, 0.15) is 78.3 Å². The van der Waals surface area contributed by atoms with E-state index >= 15 is 0 Å². The predicted molar refractivity (Wildman–Crippen MR) is 165 cm³/mol. The van der Waals surface area contributed by atoms with Gasteiger partial charge in [0.05, 0.1) is 23.4 Å². The SMILES string of the molecule is CC.CC(C)C(C)OC(=O)Nc1ccc(-c2c(C#N)c3ccc(OCCCCn4cncn4)cc3n2C2CCC2)cc1. The molecule has 2 heterocycles. The largest absolute Gasteiger partial charge is 0.494 e. The normalized spacial score (nSPS) is 13.5. The number of carbonyl (C=O) groups is 1. The third kappa shape index (κ3) is 7.11. The minimum Gasteiger partial charge on any atom is -0.494 e. The maximum absolute atomic E-state index is 12.3. The highest BCUT2D eigenvalue weighted by atomic mass is 16.6. The molecule has 1 saturated carbocycles.